The third-order valence-corrected chi connectivity index (χ3v) is 9.54. The molecule has 5 aromatic rings. The molecule has 4 heterocycles. The highest BCUT2D eigenvalue weighted by Crippen LogP contribution is 2.30. The van der Waals surface area contributed by atoms with Gasteiger partial charge in [-0.2, -0.15) is 4.98 Å². The number of sulfone groups is 1. The first-order valence-electron chi connectivity index (χ1n) is 13.4. The lowest BCUT2D eigenvalue weighted by atomic mass is 10.1. The number of halogens is 1. The Kier molecular flexibility index (Phi) is 7.52. The average molecular weight is 605 g/mol. The number of anilines is 3. The van der Waals surface area contributed by atoms with Crippen LogP contribution in [0.4, 0.5) is 21.7 Å². The monoisotopic (exact) mass is 604 g/mol. The van der Waals surface area contributed by atoms with Crippen LogP contribution in [0.15, 0.2) is 75.9 Å². The number of hydrogen-bond donors (Lipinski definition) is 2. The van der Waals surface area contributed by atoms with Gasteiger partial charge in [-0.1, -0.05) is 18.2 Å². The Bertz CT molecular complexity index is 1970. The molecule has 3 aromatic heterocycles. The molecule has 0 saturated carbocycles. The van der Waals surface area contributed by atoms with Gasteiger partial charge < -0.3 is 15.5 Å². The average Bonchev–Trinajstić information content (AvgIpc) is 3.40. The number of nitrogens with one attached hydrogen (secondary N) is 2. The Morgan fingerprint density at radius 2 is 1.88 bits per heavy atom. The van der Waals surface area contributed by atoms with Gasteiger partial charge in [0, 0.05) is 54.6 Å². The maximum Gasteiger partial charge on any atom is 0.261 e. The molecule has 0 unspecified atom stereocenters. The van der Waals surface area contributed by atoms with Crippen molar-refractivity contribution >= 4 is 49.5 Å². The highest BCUT2D eigenvalue weighted by atomic mass is 32.2. The minimum Gasteiger partial charge on any atom is -0.367 e. The van der Waals surface area contributed by atoms with Gasteiger partial charge in [0.25, 0.3) is 5.56 Å². The smallest absolute Gasteiger partial charge is 0.261 e. The number of benzene rings is 2. The van der Waals surface area contributed by atoms with Crippen molar-refractivity contribution in [2.45, 2.75) is 18.4 Å². The molecule has 1 saturated heterocycles. The second-order valence-electron chi connectivity index (χ2n) is 10.3. The topological polar surface area (TPSA) is 109 Å². The number of nitrogens with zero attached hydrogens (tertiary/aromatic N) is 4. The molecule has 42 heavy (non-hydrogen) atoms. The number of fused-ring (bicyclic) bond motifs is 1. The van der Waals surface area contributed by atoms with E-state index in [0.717, 1.165) is 42.9 Å². The molecule has 0 amide bonds. The van der Waals surface area contributed by atoms with Gasteiger partial charge in [-0.25, -0.2) is 17.8 Å². The van der Waals surface area contributed by atoms with Crippen LogP contribution >= 0.6 is 11.3 Å². The predicted octanol–water partition coefficient (Wildman–Crippen LogP) is 4.57. The Balaban J connectivity index is 1.43. The van der Waals surface area contributed by atoms with Crippen molar-refractivity contribution in [3.05, 3.63) is 93.5 Å². The first-order valence-corrected chi connectivity index (χ1v) is 16.2. The summed E-state index contributed by atoms with van der Waals surface area (Å²) in [5.41, 5.74) is 2.96. The fraction of sp³-hybridized carbons (Fsp3) is 0.233. The lowest BCUT2D eigenvalue weighted by Gasteiger charge is -2.29. The minimum absolute atomic E-state index is 0.0126. The predicted molar refractivity (Wildman–Crippen MR) is 165 cm³/mol. The summed E-state index contributed by atoms with van der Waals surface area (Å²) in [7, 11) is -3.55. The molecule has 0 bridgehead atoms. The van der Waals surface area contributed by atoms with Crippen molar-refractivity contribution in [1.82, 2.24) is 19.9 Å². The lowest BCUT2D eigenvalue weighted by molar-refractivity contribution is 0.566. The summed E-state index contributed by atoms with van der Waals surface area (Å²) in [4.78, 5) is 26.1. The summed E-state index contributed by atoms with van der Waals surface area (Å²) in [5, 5.41) is 8.86. The van der Waals surface area contributed by atoms with Crippen molar-refractivity contribution in [3.8, 4) is 10.4 Å². The standard InChI is InChI=1S/C30H29FN6O3S2/c1-19-9-14-41-27(19)23-15-21-17-33-30(34-22-7-8-25(24(31)16-22)36-12-10-32-11-13-36)35-28(21)37(29(23)38)18-20-5-3-4-6-26(20)42(2,39)40/h3-9,14-17,32H,10-13,18H2,1-2H3,(H,33,34,35). The maximum atomic E-state index is 15.1. The Hall–Kier alpha value is -4.13. The first kappa shape index (κ1) is 28.0. The summed E-state index contributed by atoms with van der Waals surface area (Å²) < 4.78 is 41.6. The molecule has 6 rings (SSSR count). The molecule has 9 nitrogen and oxygen atoms in total. The summed E-state index contributed by atoms with van der Waals surface area (Å²) in [5.74, 6) is -0.172. The van der Waals surface area contributed by atoms with Gasteiger partial charge in [-0.15, -0.1) is 11.3 Å². The van der Waals surface area contributed by atoms with Crippen molar-refractivity contribution < 1.29 is 12.8 Å². The van der Waals surface area contributed by atoms with Gasteiger partial charge in [0.05, 0.1) is 22.7 Å². The van der Waals surface area contributed by atoms with Crippen LogP contribution in [0, 0.1) is 12.7 Å². The van der Waals surface area contributed by atoms with Gasteiger partial charge >= 0.3 is 0 Å². The van der Waals surface area contributed by atoms with Crippen LogP contribution in [-0.4, -0.2) is 55.4 Å². The van der Waals surface area contributed by atoms with E-state index in [1.165, 1.54) is 28.0 Å². The molecule has 0 atom stereocenters. The number of aromatic nitrogens is 3. The lowest BCUT2D eigenvalue weighted by Crippen LogP contribution is -2.43. The molecule has 216 valence electrons. The molecule has 2 N–H and O–H groups in total. The van der Waals surface area contributed by atoms with E-state index in [4.69, 9.17) is 0 Å². The molecule has 1 aliphatic rings. The zero-order valence-electron chi connectivity index (χ0n) is 23.1. The molecule has 0 radical (unpaired) electrons. The molecular formula is C30H29FN6O3S2. The molecule has 0 aliphatic carbocycles. The quantitative estimate of drug-likeness (QED) is 0.278. The zero-order chi connectivity index (χ0) is 29.4. The molecule has 1 fully saturated rings. The van der Waals surface area contributed by atoms with Crippen LogP contribution in [0.5, 0.6) is 0 Å². The minimum atomic E-state index is -3.55. The molecule has 12 heteroatoms. The van der Waals surface area contributed by atoms with Gasteiger partial charge in [-0.05, 0) is 59.8 Å². The van der Waals surface area contributed by atoms with Gasteiger partial charge in [0.2, 0.25) is 5.95 Å². The van der Waals surface area contributed by atoms with E-state index in [-0.39, 0.29) is 28.8 Å². The van der Waals surface area contributed by atoms with E-state index < -0.39 is 9.84 Å². The molecular weight excluding hydrogens is 576 g/mol. The highest BCUT2D eigenvalue weighted by molar-refractivity contribution is 7.90. The van der Waals surface area contributed by atoms with Crippen LogP contribution in [0.1, 0.15) is 11.1 Å². The first-order chi connectivity index (χ1) is 20.2. The number of hydrogen-bond acceptors (Lipinski definition) is 9. The fourth-order valence-corrected chi connectivity index (χ4v) is 7.09. The summed E-state index contributed by atoms with van der Waals surface area (Å²) in [6, 6.07) is 15.2. The second kappa shape index (κ2) is 11.3. The number of piperazine rings is 1. The van der Waals surface area contributed by atoms with E-state index >= 15 is 4.39 Å². The van der Waals surface area contributed by atoms with E-state index in [9.17, 15) is 13.2 Å². The highest BCUT2D eigenvalue weighted by Gasteiger charge is 2.20. The summed E-state index contributed by atoms with van der Waals surface area (Å²) >= 11 is 1.46. The molecule has 1 aliphatic heterocycles. The second-order valence-corrected chi connectivity index (χ2v) is 13.2. The number of thiophene rings is 1. The van der Waals surface area contributed by atoms with Crippen molar-refractivity contribution in [2.75, 3.05) is 42.7 Å². The van der Waals surface area contributed by atoms with Gasteiger partial charge in [-0.3, -0.25) is 9.36 Å². The number of pyridine rings is 1. The Morgan fingerprint density at radius 3 is 2.60 bits per heavy atom. The normalized spacial score (nSPS) is 13.9. The van der Waals surface area contributed by atoms with Crippen LogP contribution in [-0.2, 0) is 16.4 Å². The Labute approximate surface area is 246 Å². The fourth-order valence-electron chi connectivity index (χ4n) is 5.22. The van der Waals surface area contributed by atoms with Gasteiger partial charge in [0.1, 0.15) is 11.5 Å². The van der Waals surface area contributed by atoms with Crippen LogP contribution < -0.4 is 21.1 Å². The Morgan fingerprint density at radius 1 is 1.10 bits per heavy atom. The summed E-state index contributed by atoms with van der Waals surface area (Å²) in [6.45, 7) is 4.98. The van der Waals surface area contributed by atoms with E-state index in [1.807, 2.05) is 23.3 Å². The third-order valence-electron chi connectivity index (χ3n) is 7.30. The van der Waals surface area contributed by atoms with E-state index in [0.29, 0.717) is 33.5 Å². The number of aryl methyl sites for hydroxylation is 1. The van der Waals surface area contributed by atoms with Crippen molar-refractivity contribution in [1.29, 1.82) is 0 Å². The van der Waals surface area contributed by atoms with Crippen molar-refractivity contribution in [3.63, 3.8) is 0 Å². The van der Waals surface area contributed by atoms with Gasteiger partial charge in [0.15, 0.2) is 9.84 Å². The van der Waals surface area contributed by atoms with Crippen LogP contribution in [0.3, 0.4) is 0 Å². The maximum absolute atomic E-state index is 15.1. The summed E-state index contributed by atoms with van der Waals surface area (Å²) in [6.07, 6.45) is 2.76. The zero-order valence-corrected chi connectivity index (χ0v) is 24.7. The van der Waals surface area contributed by atoms with Crippen LogP contribution in [0.2, 0.25) is 0 Å². The third kappa shape index (κ3) is 5.52. The largest absolute Gasteiger partial charge is 0.367 e. The van der Waals surface area contributed by atoms with E-state index in [1.54, 1.807) is 42.6 Å². The molecule has 0 spiro atoms. The van der Waals surface area contributed by atoms with Crippen LogP contribution in [0.25, 0.3) is 21.5 Å². The molecule has 2 aromatic carbocycles. The van der Waals surface area contributed by atoms with Crippen molar-refractivity contribution in [2.24, 2.45) is 0 Å². The van der Waals surface area contributed by atoms with E-state index in [2.05, 4.69) is 20.6 Å². The number of rotatable bonds is 7. The SMILES string of the molecule is Cc1ccsc1-c1cc2cnc(Nc3ccc(N4CCNCC4)c(F)c3)nc2n(Cc2ccccc2S(C)(=O)=O)c1=O.